The number of thioether (sulfide) groups is 1. The van der Waals surface area contributed by atoms with Crippen molar-refractivity contribution in [2.24, 2.45) is 0 Å². The van der Waals surface area contributed by atoms with Gasteiger partial charge in [-0.2, -0.15) is 0 Å². The molecule has 8 heteroatoms. The molecule has 5 nitrogen and oxygen atoms in total. The summed E-state index contributed by atoms with van der Waals surface area (Å²) in [7, 11) is 0. The zero-order chi connectivity index (χ0) is 23.4. The Labute approximate surface area is 203 Å². The Kier molecular flexibility index (Phi) is 7.85. The lowest BCUT2D eigenvalue weighted by molar-refractivity contribution is -0.156. The lowest BCUT2D eigenvalue weighted by Crippen LogP contribution is -2.36. The predicted octanol–water partition coefficient (Wildman–Crippen LogP) is 6.73. The van der Waals surface area contributed by atoms with Gasteiger partial charge in [0.2, 0.25) is 0 Å². The number of hydrogen-bond donors (Lipinski definition) is 1. The van der Waals surface area contributed by atoms with Crippen molar-refractivity contribution >= 4 is 46.4 Å². The highest BCUT2D eigenvalue weighted by Crippen LogP contribution is 2.36. The molecule has 170 valence electrons. The molecule has 0 radical (unpaired) electrons. The number of aromatic nitrogens is 2. The molecule has 32 heavy (non-hydrogen) atoms. The molecule has 1 N–H and O–H groups in total. The van der Waals surface area contributed by atoms with Crippen molar-refractivity contribution in [3.63, 3.8) is 0 Å². The van der Waals surface area contributed by atoms with E-state index in [1.54, 1.807) is 11.3 Å². The SMILES string of the molecule is CC(C)(C)OC(=O)C(C)(C)Sc1nc(CCNc2ccc(-c3ccc(Cl)cc3)nc2)cs1. The van der Waals surface area contributed by atoms with E-state index >= 15 is 0 Å². The summed E-state index contributed by atoms with van der Waals surface area (Å²) in [6, 6.07) is 11.6. The highest BCUT2D eigenvalue weighted by Gasteiger charge is 2.34. The van der Waals surface area contributed by atoms with Crippen LogP contribution in [0.1, 0.15) is 40.3 Å². The molecule has 0 amide bonds. The van der Waals surface area contributed by atoms with Crippen LogP contribution < -0.4 is 5.32 Å². The van der Waals surface area contributed by atoms with E-state index < -0.39 is 10.3 Å². The number of carbonyl (C=O) groups is 1. The number of ether oxygens (including phenoxy) is 1. The van der Waals surface area contributed by atoms with Gasteiger partial charge >= 0.3 is 5.97 Å². The number of benzene rings is 1. The minimum absolute atomic E-state index is 0.233. The first-order valence-electron chi connectivity index (χ1n) is 10.3. The van der Waals surface area contributed by atoms with Gasteiger partial charge in [0, 0.05) is 28.9 Å². The monoisotopic (exact) mass is 489 g/mol. The molecule has 1 aromatic carbocycles. The molecule has 0 saturated carbocycles. The van der Waals surface area contributed by atoms with E-state index in [0.717, 1.165) is 39.9 Å². The normalized spacial score (nSPS) is 11.9. The van der Waals surface area contributed by atoms with Crippen LogP contribution in [-0.4, -0.2) is 32.8 Å². The van der Waals surface area contributed by atoms with E-state index in [1.807, 2.05) is 82.6 Å². The maximum absolute atomic E-state index is 12.5. The second-order valence-corrected chi connectivity index (χ2v) is 12.0. The first-order chi connectivity index (χ1) is 15.0. The molecule has 0 fully saturated rings. The van der Waals surface area contributed by atoms with E-state index in [0.29, 0.717) is 5.02 Å². The van der Waals surface area contributed by atoms with Crippen LogP contribution in [0.4, 0.5) is 5.69 Å². The second-order valence-electron chi connectivity index (χ2n) is 8.83. The molecular formula is C24H28ClN3O2S2. The van der Waals surface area contributed by atoms with Gasteiger partial charge < -0.3 is 10.1 Å². The Morgan fingerprint density at radius 2 is 1.84 bits per heavy atom. The predicted molar refractivity (Wildman–Crippen MR) is 135 cm³/mol. The van der Waals surface area contributed by atoms with Crippen LogP contribution in [-0.2, 0) is 16.0 Å². The van der Waals surface area contributed by atoms with E-state index in [1.165, 1.54) is 11.8 Å². The minimum atomic E-state index is -0.696. The minimum Gasteiger partial charge on any atom is -0.459 e. The van der Waals surface area contributed by atoms with Gasteiger partial charge in [0.15, 0.2) is 4.34 Å². The summed E-state index contributed by atoms with van der Waals surface area (Å²) in [6.07, 6.45) is 2.61. The van der Waals surface area contributed by atoms with E-state index in [2.05, 4.69) is 15.3 Å². The zero-order valence-corrected chi connectivity index (χ0v) is 21.3. The summed E-state index contributed by atoms with van der Waals surface area (Å²) in [4.78, 5) is 21.7. The average molecular weight is 490 g/mol. The van der Waals surface area contributed by atoms with Crippen LogP contribution in [0.5, 0.6) is 0 Å². The number of halogens is 1. The van der Waals surface area contributed by atoms with E-state index in [4.69, 9.17) is 16.3 Å². The molecule has 0 aliphatic rings. The van der Waals surface area contributed by atoms with Crippen molar-refractivity contribution in [3.8, 4) is 11.3 Å². The standard InChI is InChI=1S/C24H28ClN3O2S2/c1-23(2,3)30-21(29)24(4,5)32-22-28-19(15-31-22)12-13-26-18-10-11-20(27-14-18)16-6-8-17(25)9-7-16/h6-11,14-15,26H,12-13H2,1-5H3. The van der Waals surface area contributed by atoms with Gasteiger partial charge in [0.1, 0.15) is 10.3 Å². The van der Waals surface area contributed by atoms with E-state index in [9.17, 15) is 4.79 Å². The van der Waals surface area contributed by atoms with Crippen LogP contribution in [0, 0.1) is 0 Å². The topological polar surface area (TPSA) is 64.1 Å². The summed E-state index contributed by atoms with van der Waals surface area (Å²) in [5, 5.41) is 6.13. The first kappa shape index (κ1) is 24.6. The van der Waals surface area contributed by atoms with Gasteiger partial charge in [-0.05, 0) is 58.9 Å². The maximum Gasteiger partial charge on any atom is 0.322 e. The number of nitrogens with zero attached hydrogens (tertiary/aromatic N) is 2. The Morgan fingerprint density at radius 1 is 1.12 bits per heavy atom. The molecule has 0 aliphatic carbocycles. The van der Waals surface area contributed by atoms with Crippen molar-refractivity contribution in [1.82, 2.24) is 9.97 Å². The Balaban J connectivity index is 1.50. The highest BCUT2D eigenvalue weighted by molar-refractivity contribution is 8.03. The van der Waals surface area contributed by atoms with Crippen molar-refractivity contribution in [3.05, 3.63) is 58.7 Å². The lowest BCUT2D eigenvalue weighted by atomic mass is 10.1. The summed E-state index contributed by atoms with van der Waals surface area (Å²) >= 11 is 8.94. The number of hydrogen-bond acceptors (Lipinski definition) is 7. The Hall–Kier alpha value is -2.09. The van der Waals surface area contributed by atoms with Crippen LogP contribution in [0.3, 0.4) is 0 Å². The Bertz CT molecular complexity index is 1040. The van der Waals surface area contributed by atoms with Crippen LogP contribution in [0.15, 0.2) is 52.3 Å². The number of anilines is 1. The van der Waals surface area contributed by atoms with Crippen molar-refractivity contribution in [2.45, 2.75) is 55.7 Å². The van der Waals surface area contributed by atoms with Gasteiger partial charge in [-0.1, -0.05) is 35.5 Å². The molecule has 2 heterocycles. The van der Waals surface area contributed by atoms with Gasteiger partial charge in [0.25, 0.3) is 0 Å². The molecule has 0 unspecified atom stereocenters. The molecule has 0 bridgehead atoms. The van der Waals surface area contributed by atoms with Crippen molar-refractivity contribution in [1.29, 1.82) is 0 Å². The largest absolute Gasteiger partial charge is 0.459 e. The van der Waals surface area contributed by atoms with Crippen LogP contribution in [0.25, 0.3) is 11.3 Å². The summed E-state index contributed by atoms with van der Waals surface area (Å²) in [5.74, 6) is -0.233. The average Bonchev–Trinajstić information content (AvgIpc) is 3.14. The second kappa shape index (κ2) is 10.2. The van der Waals surface area contributed by atoms with Crippen molar-refractivity contribution < 1.29 is 9.53 Å². The summed E-state index contributed by atoms with van der Waals surface area (Å²) < 4.78 is 5.70. The van der Waals surface area contributed by atoms with E-state index in [-0.39, 0.29) is 5.97 Å². The Morgan fingerprint density at radius 3 is 2.47 bits per heavy atom. The molecule has 0 atom stereocenters. The number of carbonyl (C=O) groups excluding carboxylic acids is 1. The molecule has 2 aromatic heterocycles. The molecule has 0 saturated heterocycles. The molecule has 0 spiro atoms. The van der Waals surface area contributed by atoms with Crippen LogP contribution >= 0.6 is 34.7 Å². The highest BCUT2D eigenvalue weighted by atomic mass is 35.5. The summed E-state index contributed by atoms with van der Waals surface area (Å²) in [6.45, 7) is 10.1. The quantitative estimate of drug-likeness (QED) is 0.279. The fourth-order valence-electron chi connectivity index (χ4n) is 2.74. The number of thiazole rings is 1. The molecule has 0 aliphatic heterocycles. The zero-order valence-electron chi connectivity index (χ0n) is 18.9. The van der Waals surface area contributed by atoms with Gasteiger partial charge in [-0.25, -0.2) is 4.98 Å². The first-order valence-corrected chi connectivity index (χ1v) is 12.4. The van der Waals surface area contributed by atoms with Gasteiger partial charge in [-0.3, -0.25) is 9.78 Å². The third kappa shape index (κ3) is 7.22. The van der Waals surface area contributed by atoms with Crippen LogP contribution in [0.2, 0.25) is 5.02 Å². The summed E-state index contributed by atoms with van der Waals surface area (Å²) in [5.41, 5.74) is 3.38. The number of nitrogens with one attached hydrogen (secondary N) is 1. The molecule has 3 rings (SSSR count). The number of pyridine rings is 1. The van der Waals surface area contributed by atoms with Gasteiger partial charge in [-0.15, -0.1) is 11.3 Å². The lowest BCUT2D eigenvalue weighted by Gasteiger charge is -2.27. The smallest absolute Gasteiger partial charge is 0.322 e. The maximum atomic E-state index is 12.5. The third-order valence-electron chi connectivity index (χ3n) is 4.38. The fraction of sp³-hybridized carbons (Fsp3) is 0.375. The third-order valence-corrected chi connectivity index (χ3v) is 6.79. The van der Waals surface area contributed by atoms with Crippen molar-refractivity contribution in [2.75, 3.05) is 11.9 Å². The number of esters is 1. The fourth-order valence-corrected chi connectivity index (χ4v) is 5.13. The molecular weight excluding hydrogens is 462 g/mol. The molecule has 3 aromatic rings. The number of rotatable bonds is 8. The van der Waals surface area contributed by atoms with Gasteiger partial charge in [0.05, 0.1) is 23.3 Å².